The van der Waals surface area contributed by atoms with Crippen LogP contribution in [0.1, 0.15) is 15.9 Å². The smallest absolute Gasteiger partial charge is 0.321 e. The van der Waals surface area contributed by atoms with Gasteiger partial charge >= 0.3 is 6.03 Å². The van der Waals surface area contributed by atoms with Gasteiger partial charge in [0, 0.05) is 25.2 Å². The number of carbonyl (C=O) groups excluding carboxylic acids is 3. The van der Waals surface area contributed by atoms with Crippen LogP contribution >= 0.6 is 0 Å². The van der Waals surface area contributed by atoms with E-state index in [0.29, 0.717) is 12.1 Å². The summed E-state index contributed by atoms with van der Waals surface area (Å²) in [4.78, 5) is 34.9. The molecule has 1 atom stereocenters. The van der Waals surface area contributed by atoms with Crippen LogP contribution in [-0.2, 0) is 11.3 Å². The average Bonchev–Trinajstić information content (AvgIpc) is 2.46. The van der Waals surface area contributed by atoms with Crippen molar-refractivity contribution in [2.45, 2.75) is 6.54 Å². The minimum Gasteiger partial charge on any atom is -0.355 e. The van der Waals surface area contributed by atoms with Crippen LogP contribution in [0.4, 0.5) is 4.79 Å². The fraction of sp³-hybridized carbons (Fsp3) is 0.357. The molecule has 0 aliphatic heterocycles. The van der Waals surface area contributed by atoms with Crippen LogP contribution in [0.25, 0.3) is 0 Å². The molecule has 0 aromatic heterocycles. The van der Waals surface area contributed by atoms with Gasteiger partial charge in [-0.1, -0.05) is 12.1 Å². The number of amides is 4. The van der Waals surface area contributed by atoms with Crippen molar-refractivity contribution >= 4 is 17.8 Å². The minimum absolute atomic E-state index is 0.132. The molecule has 1 unspecified atom stereocenters. The molecule has 0 radical (unpaired) electrons. The van der Waals surface area contributed by atoms with Crippen LogP contribution in [0.15, 0.2) is 24.3 Å². The second-order valence-electron chi connectivity index (χ2n) is 4.71. The van der Waals surface area contributed by atoms with E-state index >= 15 is 0 Å². The molecule has 4 amide bonds. The maximum Gasteiger partial charge on any atom is 0.321 e. The van der Waals surface area contributed by atoms with E-state index in [4.69, 9.17) is 0 Å². The standard InChI is InChI=1S/C14H20N4O3/c1-15-13(20)11-6-4-10(5-7-11)8-18(3)9-12(19)17-14(21)16-2/h4-7H,8-9H2,1-3H3,(H,15,20)(H2,16,17,19,21)/p+1. The van der Waals surface area contributed by atoms with Crippen molar-refractivity contribution in [2.75, 3.05) is 27.7 Å². The van der Waals surface area contributed by atoms with Gasteiger partial charge in [-0.2, -0.15) is 0 Å². The Kier molecular flexibility index (Phi) is 6.35. The number of nitrogens with one attached hydrogen (secondary N) is 4. The van der Waals surface area contributed by atoms with Gasteiger partial charge in [0.25, 0.3) is 11.8 Å². The predicted octanol–water partition coefficient (Wildman–Crippen LogP) is -1.48. The van der Waals surface area contributed by atoms with Crippen molar-refractivity contribution in [1.82, 2.24) is 16.0 Å². The summed E-state index contributed by atoms with van der Waals surface area (Å²) in [5.74, 6) is -0.471. The summed E-state index contributed by atoms with van der Waals surface area (Å²) < 4.78 is 0. The van der Waals surface area contributed by atoms with Gasteiger partial charge in [-0.3, -0.25) is 14.9 Å². The fourth-order valence-corrected chi connectivity index (χ4v) is 1.84. The summed E-state index contributed by atoms with van der Waals surface area (Å²) in [5, 5.41) is 7.09. The van der Waals surface area contributed by atoms with Gasteiger partial charge in [-0.15, -0.1) is 0 Å². The lowest BCUT2D eigenvalue weighted by Crippen LogP contribution is -3.09. The Hall–Kier alpha value is -2.41. The largest absolute Gasteiger partial charge is 0.355 e. The van der Waals surface area contributed by atoms with Gasteiger partial charge < -0.3 is 15.5 Å². The van der Waals surface area contributed by atoms with Crippen LogP contribution in [0.5, 0.6) is 0 Å². The van der Waals surface area contributed by atoms with Crippen molar-refractivity contribution < 1.29 is 19.3 Å². The zero-order valence-electron chi connectivity index (χ0n) is 12.4. The zero-order valence-corrected chi connectivity index (χ0v) is 12.4. The first-order chi connectivity index (χ1) is 9.96. The van der Waals surface area contributed by atoms with Gasteiger partial charge in [-0.05, 0) is 12.1 Å². The Labute approximate surface area is 123 Å². The SMILES string of the molecule is CNC(=O)NC(=O)C[NH+](C)Cc1ccc(C(=O)NC)cc1. The Morgan fingerprint density at radius 3 is 2.19 bits per heavy atom. The Morgan fingerprint density at radius 1 is 1.05 bits per heavy atom. The fourth-order valence-electron chi connectivity index (χ4n) is 1.84. The minimum atomic E-state index is -0.511. The van der Waals surface area contributed by atoms with Crippen molar-refractivity contribution in [3.8, 4) is 0 Å². The molecule has 114 valence electrons. The highest BCUT2D eigenvalue weighted by Crippen LogP contribution is 2.03. The molecule has 1 aromatic rings. The van der Waals surface area contributed by atoms with Crippen molar-refractivity contribution in [3.05, 3.63) is 35.4 Å². The molecule has 0 saturated carbocycles. The number of rotatable bonds is 5. The predicted molar refractivity (Wildman–Crippen MR) is 77.9 cm³/mol. The molecule has 0 fully saturated rings. The third kappa shape index (κ3) is 5.62. The number of urea groups is 1. The molecule has 0 saturated heterocycles. The molecule has 7 nitrogen and oxygen atoms in total. The van der Waals surface area contributed by atoms with E-state index in [2.05, 4.69) is 16.0 Å². The maximum absolute atomic E-state index is 11.5. The molecule has 0 aliphatic rings. The highest BCUT2D eigenvalue weighted by Gasteiger charge is 2.13. The second kappa shape index (κ2) is 8.01. The van der Waals surface area contributed by atoms with Gasteiger partial charge in [0.2, 0.25) is 0 Å². The van der Waals surface area contributed by atoms with E-state index < -0.39 is 6.03 Å². The molecule has 0 bridgehead atoms. The lowest BCUT2D eigenvalue weighted by Gasteiger charge is -2.13. The van der Waals surface area contributed by atoms with Crippen LogP contribution in [0.2, 0.25) is 0 Å². The molecule has 1 rings (SSSR count). The van der Waals surface area contributed by atoms with E-state index in [1.165, 1.54) is 7.05 Å². The topological polar surface area (TPSA) is 91.7 Å². The van der Waals surface area contributed by atoms with Crippen LogP contribution < -0.4 is 20.9 Å². The maximum atomic E-state index is 11.5. The molecule has 0 heterocycles. The molecule has 7 heteroatoms. The molecular formula is C14H21N4O3+. The number of likely N-dealkylation sites (N-methyl/N-ethyl adjacent to an activating group) is 1. The monoisotopic (exact) mass is 293 g/mol. The summed E-state index contributed by atoms with van der Waals surface area (Å²) in [5.41, 5.74) is 1.60. The summed E-state index contributed by atoms with van der Waals surface area (Å²) in [6, 6.07) is 6.68. The quantitative estimate of drug-likeness (QED) is 0.533. The first-order valence-electron chi connectivity index (χ1n) is 6.60. The number of hydrogen-bond donors (Lipinski definition) is 4. The molecule has 21 heavy (non-hydrogen) atoms. The first-order valence-corrected chi connectivity index (χ1v) is 6.60. The third-order valence-electron chi connectivity index (χ3n) is 2.89. The number of quaternary nitrogens is 1. The number of carbonyl (C=O) groups is 3. The van der Waals surface area contributed by atoms with Crippen molar-refractivity contribution in [1.29, 1.82) is 0 Å². The van der Waals surface area contributed by atoms with Gasteiger partial charge in [0.15, 0.2) is 6.54 Å². The molecule has 0 aliphatic carbocycles. The summed E-state index contributed by atoms with van der Waals surface area (Å²) >= 11 is 0. The highest BCUT2D eigenvalue weighted by molar-refractivity contribution is 5.94. The van der Waals surface area contributed by atoms with Crippen LogP contribution in [-0.4, -0.2) is 45.5 Å². The molecule has 4 N–H and O–H groups in total. The van der Waals surface area contributed by atoms with Crippen LogP contribution in [0, 0.1) is 0 Å². The number of hydrogen-bond acceptors (Lipinski definition) is 3. The average molecular weight is 293 g/mol. The summed E-state index contributed by atoms with van der Waals surface area (Å²) in [6.45, 7) is 0.805. The van der Waals surface area contributed by atoms with E-state index in [-0.39, 0.29) is 18.4 Å². The summed E-state index contributed by atoms with van der Waals surface area (Å²) in [6.07, 6.45) is 0. The molecule has 0 spiro atoms. The van der Waals surface area contributed by atoms with Gasteiger partial charge in [0.1, 0.15) is 6.54 Å². The lowest BCUT2D eigenvalue weighted by atomic mass is 10.1. The van der Waals surface area contributed by atoms with E-state index in [1.807, 2.05) is 19.2 Å². The Morgan fingerprint density at radius 2 is 1.67 bits per heavy atom. The zero-order chi connectivity index (χ0) is 15.8. The molecular weight excluding hydrogens is 272 g/mol. The van der Waals surface area contributed by atoms with Crippen LogP contribution in [0.3, 0.4) is 0 Å². The lowest BCUT2D eigenvalue weighted by molar-refractivity contribution is -0.885. The number of benzene rings is 1. The third-order valence-corrected chi connectivity index (χ3v) is 2.89. The van der Waals surface area contributed by atoms with Crippen molar-refractivity contribution in [3.63, 3.8) is 0 Å². The van der Waals surface area contributed by atoms with Gasteiger partial charge in [-0.25, -0.2) is 4.79 Å². The van der Waals surface area contributed by atoms with Gasteiger partial charge in [0.05, 0.1) is 7.05 Å². The number of imide groups is 1. The summed E-state index contributed by atoms with van der Waals surface area (Å²) in [7, 11) is 4.89. The van der Waals surface area contributed by atoms with E-state index in [1.54, 1.807) is 19.2 Å². The normalized spacial score (nSPS) is 11.4. The molecule has 1 aromatic carbocycles. The highest BCUT2D eigenvalue weighted by atomic mass is 16.2. The van der Waals surface area contributed by atoms with E-state index in [9.17, 15) is 14.4 Å². The Balaban J connectivity index is 2.51. The van der Waals surface area contributed by atoms with Crippen molar-refractivity contribution in [2.24, 2.45) is 0 Å². The van der Waals surface area contributed by atoms with E-state index in [0.717, 1.165) is 10.5 Å². The second-order valence-corrected chi connectivity index (χ2v) is 4.71. The first kappa shape index (κ1) is 16.6. The Bertz CT molecular complexity index is 513.